The second kappa shape index (κ2) is 6.02. The number of nitrogens with zero attached hydrogens (tertiary/aromatic N) is 2. The number of fused-ring (bicyclic) bond motifs is 1. The molecule has 3 heterocycles. The average molecular weight is 354 g/mol. The molecule has 3 fully saturated rings. The van der Waals surface area contributed by atoms with Crippen LogP contribution in [-0.4, -0.2) is 70.6 Å². The van der Waals surface area contributed by atoms with Gasteiger partial charge < -0.3 is 14.8 Å². The van der Waals surface area contributed by atoms with E-state index < -0.39 is 52.2 Å². The number of nitrogens with one attached hydrogen (secondary N) is 2. The molecule has 0 radical (unpaired) electrons. The summed E-state index contributed by atoms with van der Waals surface area (Å²) in [5.41, 5.74) is 0. The molecule has 0 spiro atoms. The first-order chi connectivity index (χ1) is 10.2. The van der Waals surface area contributed by atoms with Crippen LogP contribution in [0.5, 0.6) is 0 Å². The van der Waals surface area contributed by atoms with Crippen LogP contribution in [0.15, 0.2) is 0 Å². The molecule has 13 heteroatoms. The molecule has 120 valence electrons. The second-order valence-corrected chi connectivity index (χ2v) is 6.45. The topological polar surface area (TPSA) is 156 Å². The summed E-state index contributed by atoms with van der Waals surface area (Å²) >= 11 is 0. The molecule has 5 amide bonds. The molecular formula is C10H11N4NaO7S. The van der Waals surface area contributed by atoms with Crippen LogP contribution in [0.4, 0.5) is 4.79 Å². The Balaban J connectivity index is 0.00000192. The molecule has 3 saturated heterocycles. The number of hydrogen-bond acceptors (Lipinski definition) is 7. The first-order valence-electron chi connectivity index (χ1n) is 6.40. The number of hydrogen-bond donors (Lipinski definition) is 2. The molecule has 3 rings (SSSR count). The van der Waals surface area contributed by atoms with Crippen LogP contribution in [0.3, 0.4) is 0 Å². The Morgan fingerprint density at radius 2 is 1.96 bits per heavy atom. The number of imide groups is 1. The summed E-state index contributed by atoms with van der Waals surface area (Å²) in [5, 5.41) is 4.34. The van der Waals surface area contributed by atoms with E-state index in [-0.39, 0.29) is 53.2 Å². The molecule has 2 N–H and O–H groups in total. The summed E-state index contributed by atoms with van der Waals surface area (Å²) < 4.78 is 33.1. The third-order valence-electron chi connectivity index (χ3n) is 3.91. The number of β-lactam (4-membered cyclic amide) rings is 1. The van der Waals surface area contributed by atoms with Gasteiger partial charge >= 0.3 is 35.6 Å². The zero-order valence-corrected chi connectivity index (χ0v) is 14.8. The third-order valence-corrected chi connectivity index (χ3v) is 4.84. The van der Waals surface area contributed by atoms with Gasteiger partial charge in [-0.25, -0.2) is 17.5 Å². The Bertz CT molecular complexity index is 695. The predicted octanol–water partition coefficient (Wildman–Crippen LogP) is -6.14. The molecule has 23 heavy (non-hydrogen) atoms. The Morgan fingerprint density at radius 1 is 1.30 bits per heavy atom. The fraction of sp³-hybridized carbons (Fsp3) is 0.600. The summed E-state index contributed by atoms with van der Waals surface area (Å²) in [4.78, 5) is 47.3. The third kappa shape index (κ3) is 2.96. The van der Waals surface area contributed by atoms with E-state index in [1.807, 2.05) is 5.32 Å². The van der Waals surface area contributed by atoms with E-state index in [1.54, 1.807) is 0 Å². The van der Waals surface area contributed by atoms with Crippen molar-refractivity contribution in [1.29, 1.82) is 0 Å². The zero-order valence-electron chi connectivity index (χ0n) is 12.0. The smallest absolute Gasteiger partial charge is 0.731 e. The van der Waals surface area contributed by atoms with Gasteiger partial charge in [-0.15, -0.1) is 0 Å². The van der Waals surface area contributed by atoms with E-state index in [4.69, 9.17) is 0 Å². The predicted molar refractivity (Wildman–Crippen MR) is 65.5 cm³/mol. The van der Waals surface area contributed by atoms with Crippen molar-refractivity contribution in [2.45, 2.75) is 31.0 Å². The van der Waals surface area contributed by atoms with E-state index in [9.17, 15) is 32.1 Å². The number of amides is 5. The van der Waals surface area contributed by atoms with Gasteiger partial charge in [-0.3, -0.25) is 19.7 Å². The average Bonchev–Trinajstić information content (AvgIpc) is 2.88. The van der Waals surface area contributed by atoms with Crippen molar-refractivity contribution in [3.05, 3.63) is 0 Å². The molecule has 0 aromatic rings. The standard InChI is InChI=1S/C10H12N4O7S.Na/c15-6-3-4(8(16)12-6)11-10(18)13-2-1-5-7(13)9(17)14(5)22(19,20)21;/h4-5,7H,1-3H2,(H,11,18)(H,12,15,16)(H,19,20,21);/q;+1/p-1/t4?,5-,7-;/m1./s1. The minimum Gasteiger partial charge on any atom is -0.731 e. The van der Waals surface area contributed by atoms with Gasteiger partial charge in [0.15, 0.2) is 10.3 Å². The fourth-order valence-corrected chi connectivity index (χ4v) is 3.82. The Labute approximate surface area is 152 Å². The van der Waals surface area contributed by atoms with Crippen LogP contribution in [0.2, 0.25) is 0 Å². The van der Waals surface area contributed by atoms with Gasteiger partial charge in [0.05, 0.1) is 12.5 Å². The molecule has 1 unspecified atom stereocenters. The van der Waals surface area contributed by atoms with E-state index >= 15 is 0 Å². The molecule has 3 atom stereocenters. The van der Waals surface area contributed by atoms with Crippen molar-refractivity contribution in [2.75, 3.05) is 6.54 Å². The zero-order chi connectivity index (χ0) is 16.2. The molecule has 3 aliphatic rings. The number of rotatable bonds is 2. The minimum absolute atomic E-state index is 0. The van der Waals surface area contributed by atoms with Crippen molar-refractivity contribution in [3.63, 3.8) is 0 Å². The van der Waals surface area contributed by atoms with E-state index in [0.29, 0.717) is 0 Å². The van der Waals surface area contributed by atoms with E-state index in [1.165, 1.54) is 0 Å². The maximum absolute atomic E-state index is 12.1. The SMILES string of the molecule is O=C1CC(NC(=O)N2CC[C@@H]3[C@@H]2C(=O)N3S(=O)(=O)[O-])C(=O)N1.[Na+]. The largest absolute Gasteiger partial charge is 1.00 e. The first-order valence-corrected chi connectivity index (χ1v) is 7.76. The molecule has 0 aliphatic carbocycles. The molecule has 3 aliphatic heterocycles. The van der Waals surface area contributed by atoms with Crippen LogP contribution >= 0.6 is 0 Å². The maximum atomic E-state index is 12.1. The van der Waals surface area contributed by atoms with Gasteiger partial charge in [-0.1, -0.05) is 0 Å². The molecule has 0 saturated carbocycles. The van der Waals surface area contributed by atoms with Crippen LogP contribution in [0, 0.1) is 0 Å². The summed E-state index contributed by atoms with van der Waals surface area (Å²) in [6.45, 7) is 0.0706. The van der Waals surface area contributed by atoms with Gasteiger partial charge in [0.2, 0.25) is 11.8 Å². The van der Waals surface area contributed by atoms with E-state index in [2.05, 4.69) is 5.32 Å². The molecule has 0 aromatic heterocycles. The van der Waals surface area contributed by atoms with Crippen molar-refractivity contribution >= 4 is 34.1 Å². The maximum Gasteiger partial charge on any atom is 1.00 e. The van der Waals surface area contributed by atoms with Crippen molar-refractivity contribution in [2.24, 2.45) is 0 Å². The van der Waals surface area contributed by atoms with Crippen LogP contribution < -0.4 is 40.2 Å². The normalized spacial score (nSPS) is 29.6. The van der Waals surface area contributed by atoms with E-state index in [0.717, 1.165) is 4.90 Å². The molecule has 0 aromatic carbocycles. The molecular weight excluding hydrogens is 343 g/mol. The van der Waals surface area contributed by atoms with Crippen LogP contribution in [0.1, 0.15) is 12.8 Å². The van der Waals surface area contributed by atoms with Crippen molar-refractivity contribution < 1.29 is 61.7 Å². The van der Waals surface area contributed by atoms with Gasteiger partial charge in [0, 0.05) is 6.54 Å². The Kier molecular flexibility index (Phi) is 4.74. The summed E-state index contributed by atoms with van der Waals surface area (Å²) in [6, 6.07) is -3.66. The summed E-state index contributed by atoms with van der Waals surface area (Å²) in [7, 11) is -4.89. The van der Waals surface area contributed by atoms with Gasteiger partial charge in [0.25, 0.3) is 5.91 Å². The fourth-order valence-electron chi connectivity index (χ4n) is 2.94. The van der Waals surface area contributed by atoms with Crippen LogP contribution in [0.25, 0.3) is 0 Å². The van der Waals surface area contributed by atoms with Gasteiger partial charge in [-0.05, 0) is 6.42 Å². The summed E-state index contributed by atoms with van der Waals surface area (Å²) in [6.07, 6.45) is -0.0391. The monoisotopic (exact) mass is 354 g/mol. The van der Waals surface area contributed by atoms with Crippen molar-refractivity contribution in [3.8, 4) is 0 Å². The quantitative estimate of drug-likeness (QED) is 0.216. The second-order valence-electron chi connectivity index (χ2n) is 5.20. The number of carbonyl (C=O) groups excluding carboxylic acids is 4. The first kappa shape index (κ1) is 18.1. The molecule has 0 bridgehead atoms. The number of carbonyl (C=O) groups is 4. The minimum atomic E-state index is -4.89. The van der Waals surface area contributed by atoms with Gasteiger partial charge in [-0.2, -0.15) is 0 Å². The number of urea groups is 1. The Hall–Kier alpha value is -1.21. The van der Waals surface area contributed by atoms with Crippen LogP contribution in [-0.2, 0) is 24.7 Å². The summed E-state index contributed by atoms with van der Waals surface area (Å²) in [5.74, 6) is -2.12. The Morgan fingerprint density at radius 3 is 2.48 bits per heavy atom. The van der Waals surface area contributed by atoms with Gasteiger partial charge in [0.1, 0.15) is 12.1 Å². The van der Waals surface area contributed by atoms with Crippen molar-refractivity contribution in [1.82, 2.24) is 19.8 Å². The molecule has 11 nitrogen and oxygen atoms in total. The number of likely N-dealkylation sites (tertiary alicyclic amines) is 1.